The summed E-state index contributed by atoms with van der Waals surface area (Å²) in [6.45, 7) is 7.36. The van der Waals surface area contributed by atoms with Crippen LogP contribution in [0.25, 0.3) is 0 Å². The van der Waals surface area contributed by atoms with Crippen LogP contribution >= 0.6 is 11.8 Å². The monoisotopic (exact) mass is 292 g/mol. The summed E-state index contributed by atoms with van der Waals surface area (Å²) in [5.41, 5.74) is 1.40. The normalized spacial score (nSPS) is 15.2. The minimum Gasteiger partial charge on any atom is -0.353 e. The van der Waals surface area contributed by atoms with E-state index in [4.69, 9.17) is 0 Å². The Labute approximate surface area is 125 Å². The van der Waals surface area contributed by atoms with Crippen LogP contribution in [0, 0.1) is 0 Å². The van der Waals surface area contributed by atoms with Gasteiger partial charge in [0.1, 0.15) is 0 Å². The Bertz CT molecular complexity index is 447. The lowest BCUT2D eigenvalue weighted by atomic mass is 10.1. The van der Waals surface area contributed by atoms with Crippen LogP contribution in [0.4, 0.5) is 0 Å². The molecule has 0 heterocycles. The van der Waals surface area contributed by atoms with Crippen molar-refractivity contribution in [2.75, 3.05) is 5.75 Å². The molecule has 1 fully saturated rings. The molecular formula is C16H24N2OS. The molecule has 0 aromatic heterocycles. The molecule has 1 amide bonds. The Kier molecular flexibility index (Phi) is 5.11. The summed E-state index contributed by atoms with van der Waals surface area (Å²) in [4.78, 5) is 12.8. The van der Waals surface area contributed by atoms with Crippen molar-refractivity contribution < 1.29 is 4.79 Å². The molecule has 0 radical (unpaired) electrons. The first-order chi connectivity index (χ1) is 9.42. The molecule has 0 unspecified atom stereocenters. The van der Waals surface area contributed by atoms with E-state index in [-0.39, 0.29) is 11.4 Å². The van der Waals surface area contributed by atoms with Crippen LogP contribution in [0.15, 0.2) is 29.2 Å². The van der Waals surface area contributed by atoms with Gasteiger partial charge in [0.2, 0.25) is 5.91 Å². The number of rotatable bonds is 6. The van der Waals surface area contributed by atoms with E-state index in [1.54, 1.807) is 11.8 Å². The van der Waals surface area contributed by atoms with Gasteiger partial charge >= 0.3 is 0 Å². The summed E-state index contributed by atoms with van der Waals surface area (Å²) in [7, 11) is 0. The maximum atomic E-state index is 11.6. The summed E-state index contributed by atoms with van der Waals surface area (Å²) in [6.07, 6.45) is 2.29. The average Bonchev–Trinajstić information content (AvgIpc) is 3.18. The minimum absolute atomic E-state index is 0.133. The molecule has 4 heteroatoms. The molecule has 2 rings (SSSR count). The van der Waals surface area contributed by atoms with Gasteiger partial charge in [-0.25, -0.2) is 0 Å². The number of hydrogen-bond acceptors (Lipinski definition) is 3. The van der Waals surface area contributed by atoms with Crippen molar-refractivity contribution in [1.29, 1.82) is 0 Å². The first kappa shape index (κ1) is 15.4. The van der Waals surface area contributed by atoms with Crippen molar-refractivity contribution in [3.05, 3.63) is 29.8 Å². The second kappa shape index (κ2) is 6.64. The first-order valence-corrected chi connectivity index (χ1v) is 8.17. The molecule has 110 valence electrons. The summed E-state index contributed by atoms with van der Waals surface area (Å²) >= 11 is 1.60. The number of amides is 1. The van der Waals surface area contributed by atoms with E-state index in [2.05, 4.69) is 55.7 Å². The Balaban J connectivity index is 1.74. The van der Waals surface area contributed by atoms with Crippen molar-refractivity contribution in [3.8, 4) is 0 Å². The van der Waals surface area contributed by atoms with Gasteiger partial charge in [0.05, 0.1) is 5.75 Å². The van der Waals surface area contributed by atoms with E-state index in [0.717, 1.165) is 24.3 Å². The largest absolute Gasteiger partial charge is 0.353 e. The van der Waals surface area contributed by atoms with Gasteiger partial charge in [-0.3, -0.25) is 4.79 Å². The zero-order valence-electron chi connectivity index (χ0n) is 12.5. The van der Waals surface area contributed by atoms with E-state index < -0.39 is 0 Å². The second-order valence-corrected chi connectivity index (χ2v) is 7.43. The molecule has 20 heavy (non-hydrogen) atoms. The number of carbonyl (C=O) groups is 1. The molecule has 1 aliphatic carbocycles. The van der Waals surface area contributed by atoms with E-state index in [1.165, 1.54) is 5.56 Å². The van der Waals surface area contributed by atoms with Crippen LogP contribution < -0.4 is 10.6 Å². The summed E-state index contributed by atoms with van der Waals surface area (Å²) < 4.78 is 0. The number of benzene rings is 1. The van der Waals surface area contributed by atoms with Gasteiger partial charge in [-0.05, 0) is 51.3 Å². The molecule has 2 N–H and O–H groups in total. The number of carbonyl (C=O) groups excluding carboxylic acids is 1. The summed E-state index contributed by atoms with van der Waals surface area (Å²) in [5.74, 6) is 0.659. The highest BCUT2D eigenvalue weighted by atomic mass is 32.2. The fraction of sp³-hybridized carbons (Fsp3) is 0.562. The van der Waals surface area contributed by atoms with Gasteiger partial charge in [0, 0.05) is 23.0 Å². The van der Waals surface area contributed by atoms with Crippen molar-refractivity contribution >= 4 is 17.7 Å². The van der Waals surface area contributed by atoms with Gasteiger partial charge in [-0.15, -0.1) is 11.8 Å². The molecule has 0 saturated heterocycles. The highest BCUT2D eigenvalue weighted by molar-refractivity contribution is 8.00. The zero-order valence-corrected chi connectivity index (χ0v) is 13.3. The molecule has 1 aliphatic rings. The maximum Gasteiger partial charge on any atom is 0.230 e. The third kappa shape index (κ3) is 5.97. The number of nitrogens with one attached hydrogen (secondary N) is 2. The van der Waals surface area contributed by atoms with Gasteiger partial charge in [-0.1, -0.05) is 12.1 Å². The summed E-state index contributed by atoms with van der Waals surface area (Å²) in [6, 6.07) is 8.89. The maximum absolute atomic E-state index is 11.6. The lowest BCUT2D eigenvalue weighted by molar-refractivity contribution is -0.118. The molecule has 1 aromatic carbocycles. The number of hydrogen-bond donors (Lipinski definition) is 2. The Morgan fingerprint density at radius 1 is 1.25 bits per heavy atom. The van der Waals surface area contributed by atoms with Crippen molar-refractivity contribution in [3.63, 3.8) is 0 Å². The summed E-state index contributed by atoms with van der Waals surface area (Å²) in [5, 5.41) is 6.47. The smallest absolute Gasteiger partial charge is 0.230 e. The quantitative estimate of drug-likeness (QED) is 0.792. The highest BCUT2D eigenvalue weighted by Gasteiger charge is 2.22. The molecule has 1 aromatic rings. The fourth-order valence-electron chi connectivity index (χ4n) is 1.72. The zero-order chi connectivity index (χ0) is 14.6. The second-order valence-electron chi connectivity index (χ2n) is 6.38. The van der Waals surface area contributed by atoms with Crippen LogP contribution in [0.5, 0.6) is 0 Å². The predicted octanol–water partition coefficient (Wildman–Crippen LogP) is 2.95. The third-order valence-electron chi connectivity index (χ3n) is 3.06. The van der Waals surface area contributed by atoms with E-state index in [9.17, 15) is 4.79 Å². The van der Waals surface area contributed by atoms with Crippen LogP contribution in [-0.2, 0) is 11.3 Å². The molecule has 3 nitrogen and oxygen atoms in total. The van der Waals surface area contributed by atoms with Crippen molar-refractivity contribution in [2.24, 2.45) is 0 Å². The van der Waals surface area contributed by atoms with Crippen LogP contribution in [-0.4, -0.2) is 23.2 Å². The van der Waals surface area contributed by atoms with E-state index in [0.29, 0.717) is 11.8 Å². The average molecular weight is 292 g/mol. The fourth-order valence-corrected chi connectivity index (χ4v) is 2.43. The van der Waals surface area contributed by atoms with Crippen LogP contribution in [0.2, 0.25) is 0 Å². The Hall–Kier alpha value is -1.00. The minimum atomic E-state index is 0.133. The molecule has 0 bridgehead atoms. The molecule has 1 saturated carbocycles. The van der Waals surface area contributed by atoms with Gasteiger partial charge in [0.25, 0.3) is 0 Å². The SMILES string of the molecule is CC(C)(C)NCc1ccc(SCC(=O)NC2CC2)cc1. The van der Waals surface area contributed by atoms with Crippen LogP contribution in [0.1, 0.15) is 39.2 Å². The van der Waals surface area contributed by atoms with Crippen LogP contribution in [0.3, 0.4) is 0 Å². The van der Waals surface area contributed by atoms with Crippen molar-refractivity contribution in [1.82, 2.24) is 10.6 Å². The standard InChI is InChI=1S/C16H24N2OS/c1-16(2,3)17-10-12-4-8-14(9-5-12)20-11-15(19)18-13-6-7-13/h4-5,8-9,13,17H,6-7,10-11H2,1-3H3,(H,18,19). The van der Waals surface area contributed by atoms with Gasteiger partial charge in [-0.2, -0.15) is 0 Å². The Morgan fingerprint density at radius 3 is 2.45 bits per heavy atom. The highest BCUT2D eigenvalue weighted by Crippen LogP contribution is 2.21. The van der Waals surface area contributed by atoms with Gasteiger partial charge < -0.3 is 10.6 Å². The van der Waals surface area contributed by atoms with Gasteiger partial charge in [0.15, 0.2) is 0 Å². The van der Waals surface area contributed by atoms with E-state index >= 15 is 0 Å². The molecule has 0 aliphatic heterocycles. The molecule has 0 spiro atoms. The number of thioether (sulfide) groups is 1. The lowest BCUT2D eigenvalue weighted by Gasteiger charge is -2.20. The Morgan fingerprint density at radius 2 is 1.90 bits per heavy atom. The third-order valence-corrected chi connectivity index (χ3v) is 4.07. The van der Waals surface area contributed by atoms with Crippen molar-refractivity contribution in [2.45, 2.75) is 56.6 Å². The van der Waals surface area contributed by atoms with E-state index in [1.807, 2.05) is 0 Å². The molecular weight excluding hydrogens is 268 g/mol. The first-order valence-electron chi connectivity index (χ1n) is 7.18. The molecule has 0 atom stereocenters. The topological polar surface area (TPSA) is 41.1 Å². The lowest BCUT2D eigenvalue weighted by Crippen LogP contribution is -2.35. The predicted molar refractivity (Wildman–Crippen MR) is 84.9 cm³/mol.